The number of hydrogen-bond acceptors (Lipinski definition) is 9. The average molecular weight is 632 g/mol. The van der Waals surface area contributed by atoms with Crippen molar-refractivity contribution in [3.05, 3.63) is 48.2 Å². The quantitative estimate of drug-likeness (QED) is 0.288. The molecular formula is C34H36F3N7O2. The van der Waals surface area contributed by atoms with Gasteiger partial charge in [-0.15, -0.1) is 0 Å². The number of rotatable bonds is 7. The number of halogens is 3. The third-order valence-electron chi connectivity index (χ3n) is 10.9. The molecule has 240 valence electrons. The Morgan fingerprint density at radius 3 is 2.72 bits per heavy atom. The second-order valence-electron chi connectivity index (χ2n) is 13.8. The molecule has 9 nitrogen and oxygen atoms in total. The molecule has 0 radical (unpaired) electrons. The Balaban J connectivity index is 1.14. The summed E-state index contributed by atoms with van der Waals surface area (Å²) in [6, 6.07) is 8.59. The van der Waals surface area contributed by atoms with Gasteiger partial charge in [-0.3, -0.25) is 14.8 Å². The van der Waals surface area contributed by atoms with E-state index in [1.165, 1.54) is 18.2 Å². The second kappa shape index (κ2) is 10.6. The van der Waals surface area contributed by atoms with Crippen molar-refractivity contribution in [2.75, 3.05) is 50.8 Å². The van der Waals surface area contributed by atoms with Gasteiger partial charge in [-0.1, -0.05) is 12.1 Å². The summed E-state index contributed by atoms with van der Waals surface area (Å²) < 4.78 is 52.7. The molecule has 5 atom stereocenters. The summed E-state index contributed by atoms with van der Waals surface area (Å²) in [4.78, 5) is 20.9. The van der Waals surface area contributed by atoms with Crippen LogP contribution in [0.25, 0.3) is 32.9 Å². The lowest BCUT2D eigenvalue weighted by molar-refractivity contribution is 0.107. The van der Waals surface area contributed by atoms with Crippen molar-refractivity contribution in [1.29, 1.82) is 0 Å². The molecule has 5 saturated heterocycles. The summed E-state index contributed by atoms with van der Waals surface area (Å²) >= 11 is 0. The first-order chi connectivity index (χ1) is 22.3. The molecule has 2 N–H and O–H groups in total. The van der Waals surface area contributed by atoms with Crippen LogP contribution >= 0.6 is 0 Å². The minimum absolute atomic E-state index is 0.0188. The van der Waals surface area contributed by atoms with E-state index in [-0.39, 0.29) is 40.5 Å². The number of ether oxygens (including phenoxy) is 1. The van der Waals surface area contributed by atoms with Gasteiger partial charge in [0.2, 0.25) is 0 Å². The standard InChI is InChI=1S/C34H36F3N7O2/c35-20-11-34(7-2-8-43(34)14-20)18-46-33-40-31-26(32(41-33)42-16-22-5-6-23(17-42)44(22)15-21-12-38-21)13-39-30(29(31)37)25-10-24(45)9-19-3-1-4-27(36)28(19)25/h1,3-4,9-10,13,20-23,38,45H,2,5-8,11-12,14-18H2/t20-,21-,22-,23+,34+/m1/s1. The fraction of sp³-hybridized carbons (Fsp3) is 0.500. The number of pyridine rings is 1. The lowest BCUT2D eigenvalue weighted by Crippen LogP contribution is -2.55. The van der Waals surface area contributed by atoms with Crippen LogP contribution in [0.2, 0.25) is 0 Å². The summed E-state index contributed by atoms with van der Waals surface area (Å²) in [5, 5.41) is 14.9. The van der Waals surface area contributed by atoms with Gasteiger partial charge in [0, 0.05) is 74.4 Å². The highest BCUT2D eigenvalue weighted by atomic mass is 19.1. The maximum atomic E-state index is 16.8. The van der Waals surface area contributed by atoms with Crippen molar-refractivity contribution < 1.29 is 23.0 Å². The van der Waals surface area contributed by atoms with Gasteiger partial charge in [-0.2, -0.15) is 9.97 Å². The molecule has 0 aliphatic carbocycles. The predicted octanol–water partition coefficient (Wildman–Crippen LogP) is 4.41. The van der Waals surface area contributed by atoms with E-state index < -0.39 is 23.3 Å². The number of fused-ring (bicyclic) bond motifs is 5. The minimum Gasteiger partial charge on any atom is -0.508 e. The topological polar surface area (TPSA) is 99.8 Å². The Kier molecular flexibility index (Phi) is 6.59. The van der Waals surface area contributed by atoms with Gasteiger partial charge in [0.1, 0.15) is 41.4 Å². The van der Waals surface area contributed by atoms with E-state index in [1.807, 2.05) is 0 Å². The van der Waals surface area contributed by atoms with Crippen LogP contribution in [0.15, 0.2) is 36.5 Å². The molecular weight excluding hydrogens is 595 g/mol. The van der Waals surface area contributed by atoms with Crippen molar-refractivity contribution in [2.45, 2.75) is 61.9 Å². The number of aromatic nitrogens is 3. The smallest absolute Gasteiger partial charge is 0.319 e. The number of phenolic OH excluding ortho intramolecular Hbond substituents is 1. The first-order valence-corrected chi connectivity index (χ1v) is 16.4. The molecule has 2 aromatic carbocycles. The second-order valence-corrected chi connectivity index (χ2v) is 13.8. The summed E-state index contributed by atoms with van der Waals surface area (Å²) in [6.07, 6.45) is 5.03. The first kappa shape index (κ1) is 28.5. The van der Waals surface area contributed by atoms with E-state index >= 15 is 8.78 Å². The van der Waals surface area contributed by atoms with E-state index in [0.717, 1.165) is 58.4 Å². The van der Waals surface area contributed by atoms with Gasteiger partial charge in [0.15, 0.2) is 5.82 Å². The third-order valence-corrected chi connectivity index (χ3v) is 10.9. The number of alkyl halides is 1. The largest absolute Gasteiger partial charge is 0.508 e. The molecule has 7 heterocycles. The molecule has 2 bridgehead atoms. The SMILES string of the molecule is Oc1cc(-c2ncc3c(N4C[C@H]5CC[C@@H](C4)N5C[C@H]4CN4)nc(OC[C@@]45CCCN4C[C@H](F)C5)nc3c2F)c2c(F)cccc2c1. The van der Waals surface area contributed by atoms with E-state index in [2.05, 4.69) is 30.0 Å². The Morgan fingerprint density at radius 1 is 1.09 bits per heavy atom. The third kappa shape index (κ3) is 4.67. The fourth-order valence-electron chi connectivity index (χ4n) is 8.64. The van der Waals surface area contributed by atoms with Crippen molar-refractivity contribution >= 4 is 27.5 Å². The van der Waals surface area contributed by atoms with Crippen LogP contribution in [0.1, 0.15) is 32.1 Å². The van der Waals surface area contributed by atoms with Crippen LogP contribution in [0, 0.1) is 11.6 Å². The number of nitrogens with zero attached hydrogens (tertiary/aromatic N) is 6. The summed E-state index contributed by atoms with van der Waals surface area (Å²) in [5.74, 6) is -0.854. The number of aromatic hydroxyl groups is 1. The zero-order valence-corrected chi connectivity index (χ0v) is 25.4. The summed E-state index contributed by atoms with van der Waals surface area (Å²) in [6.45, 7) is 5.01. The van der Waals surface area contributed by atoms with E-state index in [9.17, 15) is 9.50 Å². The molecule has 5 aliphatic heterocycles. The highest BCUT2D eigenvalue weighted by Gasteiger charge is 2.49. The van der Waals surface area contributed by atoms with E-state index in [1.54, 1.807) is 18.3 Å². The maximum absolute atomic E-state index is 16.8. The van der Waals surface area contributed by atoms with E-state index in [0.29, 0.717) is 47.7 Å². The zero-order chi connectivity index (χ0) is 31.2. The molecule has 46 heavy (non-hydrogen) atoms. The van der Waals surface area contributed by atoms with Crippen molar-refractivity contribution in [2.24, 2.45) is 0 Å². The number of anilines is 1. The molecule has 0 unspecified atom stereocenters. The Bertz CT molecular complexity index is 1840. The first-order valence-electron chi connectivity index (χ1n) is 16.4. The maximum Gasteiger partial charge on any atom is 0.319 e. The lowest BCUT2D eigenvalue weighted by Gasteiger charge is -2.41. The number of hydrogen-bond donors (Lipinski definition) is 2. The number of piperazine rings is 1. The summed E-state index contributed by atoms with van der Waals surface area (Å²) in [5.41, 5.74) is -0.381. The predicted molar refractivity (Wildman–Crippen MR) is 168 cm³/mol. The molecule has 2 aromatic heterocycles. The average Bonchev–Trinajstić information content (AvgIpc) is 3.63. The fourth-order valence-corrected chi connectivity index (χ4v) is 8.64. The number of nitrogens with one attached hydrogen (secondary N) is 1. The van der Waals surface area contributed by atoms with Crippen molar-refractivity contribution in [3.8, 4) is 23.0 Å². The molecule has 5 fully saturated rings. The van der Waals surface area contributed by atoms with Gasteiger partial charge >= 0.3 is 6.01 Å². The highest BCUT2D eigenvalue weighted by molar-refractivity contribution is 6.00. The number of phenols is 1. The van der Waals surface area contributed by atoms with Crippen LogP contribution in [0.5, 0.6) is 11.8 Å². The van der Waals surface area contributed by atoms with Gasteiger partial charge in [0.05, 0.1) is 10.9 Å². The molecule has 0 amide bonds. The molecule has 12 heteroatoms. The zero-order valence-electron chi connectivity index (χ0n) is 25.4. The van der Waals surface area contributed by atoms with Crippen LogP contribution in [-0.4, -0.2) is 106 Å². The molecule has 0 saturated carbocycles. The Morgan fingerprint density at radius 2 is 1.91 bits per heavy atom. The molecule has 0 spiro atoms. The molecule has 9 rings (SSSR count). The normalized spacial score (nSPS) is 29.2. The lowest BCUT2D eigenvalue weighted by atomic mass is 9.95. The van der Waals surface area contributed by atoms with Crippen molar-refractivity contribution in [1.82, 2.24) is 30.1 Å². The van der Waals surface area contributed by atoms with Crippen LogP contribution in [-0.2, 0) is 0 Å². The monoisotopic (exact) mass is 631 g/mol. The van der Waals surface area contributed by atoms with Gasteiger partial charge in [0.25, 0.3) is 0 Å². The van der Waals surface area contributed by atoms with Gasteiger partial charge < -0.3 is 20.1 Å². The Hall–Kier alpha value is -3.74. The van der Waals surface area contributed by atoms with Gasteiger partial charge in [-0.05, 0) is 55.8 Å². The van der Waals surface area contributed by atoms with Crippen molar-refractivity contribution in [3.63, 3.8) is 0 Å². The van der Waals surface area contributed by atoms with Crippen LogP contribution < -0.4 is 15.0 Å². The minimum atomic E-state index is -0.904. The van der Waals surface area contributed by atoms with Crippen LogP contribution in [0.3, 0.4) is 0 Å². The molecule has 5 aliphatic rings. The van der Waals surface area contributed by atoms with Gasteiger partial charge in [-0.25, -0.2) is 13.2 Å². The molecule has 4 aromatic rings. The number of benzene rings is 2. The van der Waals surface area contributed by atoms with Crippen LogP contribution in [0.4, 0.5) is 19.0 Å². The Labute approximate surface area is 264 Å². The summed E-state index contributed by atoms with van der Waals surface area (Å²) in [7, 11) is 0. The highest BCUT2D eigenvalue weighted by Crippen LogP contribution is 2.42. The van der Waals surface area contributed by atoms with E-state index in [4.69, 9.17) is 9.72 Å².